The number of carbonyl (C=O) groups is 2. The van der Waals surface area contributed by atoms with E-state index in [4.69, 9.17) is 16.3 Å². The van der Waals surface area contributed by atoms with Crippen LogP contribution in [0.4, 0.5) is 5.69 Å². The number of hydrogen-bond donors (Lipinski definition) is 2. The van der Waals surface area contributed by atoms with Gasteiger partial charge in [-0.05, 0) is 57.5 Å². The van der Waals surface area contributed by atoms with Gasteiger partial charge in [0.25, 0.3) is 11.8 Å². The van der Waals surface area contributed by atoms with Crippen LogP contribution in [0.15, 0.2) is 42.7 Å². The second-order valence-corrected chi connectivity index (χ2v) is 9.08. The summed E-state index contributed by atoms with van der Waals surface area (Å²) in [5, 5.41) is 14.7. The van der Waals surface area contributed by atoms with Crippen molar-refractivity contribution in [1.29, 1.82) is 0 Å². The number of aromatic nitrogens is 5. The van der Waals surface area contributed by atoms with Gasteiger partial charge in [-0.15, -0.1) is 5.10 Å². The lowest BCUT2D eigenvalue weighted by Crippen LogP contribution is -2.42. The molecule has 0 aliphatic rings. The second kappa shape index (κ2) is 8.79. The van der Waals surface area contributed by atoms with Gasteiger partial charge in [0.2, 0.25) is 5.88 Å². The Kier molecular flexibility index (Phi) is 6.01. The van der Waals surface area contributed by atoms with E-state index in [1.165, 1.54) is 22.4 Å². The van der Waals surface area contributed by atoms with Gasteiger partial charge in [0.15, 0.2) is 11.5 Å². The minimum Gasteiger partial charge on any atom is -0.480 e. The third kappa shape index (κ3) is 4.44. The van der Waals surface area contributed by atoms with Crippen molar-refractivity contribution in [2.24, 2.45) is 0 Å². The van der Waals surface area contributed by atoms with Crippen LogP contribution in [0.5, 0.6) is 5.88 Å². The van der Waals surface area contributed by atoms with E-state index in [9.17, 15) is 9.59 Å². The molecule has 0 atom stereocenters. The molecule has 0 aliphatic heterocycles. The van der Waals surface area contributed by atoms with Crippen molar-refractivity contribution in [2.45, 2.75) is 33.2 Å². The van der Waals surface area contributed by atoms with Gasteiger partial charge in [-0.2, -0.15) is 5.10 Å². The van der Waals surface area contributed by atoms with Gasteiger partial charge in [-0.25, -0.2) is 14.2 Å². The van der Waals surface area contributed by atoms with Crippen LogP contribution in [-0.4, -0.2) is 48.8 Å². The fourth-order valence-electron chi connectivity index (χ4n) is 3.46. The summed E-state index contributed by atoms with van der Waals surface area (Å²) in [6.45, 7) is 7.44. The number of pyridine rings is 2. The summed E-state index contributed by atoms with van der Waals surface area (Å²) >= 11 is 6.29. The molecule has 2 amide bonds. The Morgan fingerprint density at radius 2 is 1.88 bits per heavy atom. The van der Waals surface area contributed by atoms with Crippen LogP contribution in [-0.2, 0) is 0 Å². The molecule has 10 nitrogen and oxygen atoms in total. The minimum atomic E-state index is -0.531. The van der Waals surface area contributed by atoms with Crippen molar-refractivity contribution in [1.82, 2.24) is 29.7 Å². The Balaban J connectivity index is 1.81. The lowest BCUT2D eigenvalue weighted by molar-refractivity contribution is 0.0913. The highest BCUT2D eigenvalue weighted by Crippen LogP contribution is 2.27. The smallest absolute Gasteiger partial charge is 0.274 e. The lowest BCUT2D eigenvalue weighted by atomic mass is 10.1. The Labute approximate surface area is 200 Å². The highest BCUT2D eigenvalue weighted by atomic mass is 35.5. The first-order chi connectivity index (χ1) is 16.1. The van der Waals surface area contributed by atoms with Crippen LogP contribution in [0, 0.1) is 6.92 Å². The molecule has 0 saturated carbocycles. The molecular formula is C23H24ClN7O3. The van der Waals surface area contributed by atoms with E-state index in [0.29, 0.717) is 16.3 Å². The average molecular weight is 482 g/mol. The van der Waals surface area contributed by atoms with E-state index in [0.717, 1.165) is 5.52 Å². The summed E-state index contributed by atoms with van der Waals surface area (Å²) in [7, 11) is 1.44. The van der Waals surface area contributed by atoms with Gasteiger partial charge < -0.3 is 15.4 Å². The van der Waals surface area contributed by atoms with Crippen LogP contribution in [0.25, 0.3) is 11.3 Å². The van der Waals surface area contributed by atoms with Crippen LogP contribution in [0.1, 0.15) is 47.3 Å². The molecule has 0 aliphatic carbocycles. The first kappa shape index (κ1) is 23.2. The number of rotatable bonds is 5. The van der Waals surface area contributed by atoms with E-state index in [2.05, 4.69) is 25.8 Å². The average Bonchev–Trinajstić information content (AvgIpc) is 3.40. The van der Waals surface area contributed by atoms with Crippen molar-refractivity contribution in [3.63, 3.8) is 0 Å². The predicted molar refractivity (Wildman–Crippen MR) is 128 cm³/mol. The number of nitrogens with one attached hydrogen (secondary N) is 2. The summed E-state index contributed by atoms with van der Waals surface area (Å²) in [6.07, 6.45) is 3.14. The number of carbonyl (C=O) groups excluding carboxylic acids is 2. The molecule has 0 saturated heterocycles. The minimum absolute atomic E-state index is 0.125. The Morgan fingerprint density at radius 3 is 2.56 bits per heavy atom. The van der Waals surface area contributed by atoms with Crippen molar-refractivity contribution >= 4 is 34.6 Å². The molecule has 4 rings (SSSR count). The highest BCUT2D eigenvalue weighted by Gasteiger charge is 2.26. The highest BCUT2D eigenvalue weighted by molar-refractivity contribution is 6.32. The quantitative estimate of drug-likeness (QED) is 0.449. The third-order valence-electron chi connectivity index (χ3n) is 4.89. The van der Waals surface area contributed by atoms with E-state index < -0.39 is 11.4 Å². The first-order valence-electron chi connectivity index (χ1n) is 10.4. The molecule has 0 spiro atoms. The Hall–Kier alpha value is -3.92. The molecule has 176 valence electrons. The van der Waals surface area contributed by atoms with Gasteiger partial charge in [-0.1, -0.05) is 11.6 Å². The summed E-state index contributed by atoms with van der Waals surface area (Å²) in [5.74, 6) is -0.435. The van der Waals surface area contributed by atoms with Crippen LogP contribution in [0.3, 0.4) is 0 Å². The fraction of sp³-hybridized carbons (Fsp3) is 0.261. The summed E-state index contributed by atoms with van der Waals surface area (Å²) in [6, 6.07) is 8.41. The zero-order valence-electron chi connectivity index (χ0n) is 19.4. The maximum absolute atomic E-state index is 13.5. The summed E-state index contributed by atoms with van der Waals surface area (Å²) in [5.41, 5.74) is 1.57. The molecule has 0 aromatic carbocycles. The van der Waals surface area contributed by atoms with Gasteiger partial charge in [0.05, 0.1) is 29.5 Å². The van der Waals surface area contributed by atoms with Crippen molar-refractivity contribution < 1.29 is 14.3 Å². The molecular weight excluding hydrogens is 458 g/mol. The topological polar surface area (TPSA) is 115 Å². The van der Waals surface area contributed by atoms with Crippen molar-refractivity contribution in [3.05, 3.63) is 64.7 Å². The number of amides is 2. The molecule has 4 aromatic rings. The summed E-state index contributed by atoms with van der Waals surface area (Å²) < 4.78 is 8.02. The van der Waals surface area contributed by atoms with Crippen LogP contribution >= 0.6 is 11.6 Å². The normalized spacial score (nSPS) is 11.5. The number of methoxy groups -OCH3 is 1. The number of aryl methyl sites for hydroxylation is 1. The van der Waals surface area contributed by atoms with Crippen molar-refractivity contribution in [2.75, 3.05) is 12.4 Å². The molecule has 0 bridgehead atoms. The summed E-state index contributed by atoms with van der Waals surface area (Å²) in [4.78, 5) is 31.0. The zero-order valence-corrected chi connectivity index (χ0v) is 20.1. The van der Waals surface area contributed by atoms with Gasteiger partial charge in [0.1, 0.15) is 5.69 Å². The molecule has 2 N–H and O–H groups in total. The largest absolute Gasteiger partial charge is 0.480 e. The number of hydrogen-bond acceptors (Lipinski definition) is 6. The van der Waals surface area contributed by atoms with Crippen molar-refractivity contribution in [3.8, 4) is 11.7 Å². The van der Waals surface area contributed by atoms with Crippen LogP contribution in [0.2, 0.25) is 5.02 Å². The third-order valence-corrected chi connectivity index (χ3v) is 5.18. The molecule has 4 heterocycles. The number of halogens is 1. The van der Waals surface area contributed by atoms with Gasteiger partial charge >= 0.3 is 0 Å². The standard InChI is InChI=1S/C23H24ClN7O3/c1-13-11-14-8-10-26-30(14)19(22(33)28-23(2,3)4)18(13)27-21(32)16-12-17(34-5)29-31(16)20-15(24)7-6-9-25-20/h6-12H,1-5H3,(H,27,32)(H,28,33). The number of nitrogens with zero attached hydrogens (tertiary/aromatic N) is 5. The van der Waals surface area contributed by atoms with Gasteiger partial charge in [0, 0.05) is 17.8 Å². The number of ether oxygens (including phenoxy) is 1. The molecule has 0 unspecified atom stereocenters. The van der Waals surface area contributed by atoms with E-state index in [1.54, 1.807) is 30.6 Å². The molecule has 4 aromatic heterocycles. The van der Waals surface area contributed by atoms with Gasteiger partial charge in [-0.3, -0.25) is 9.59 Å². The molecule has 34 heavy (non-hydrogen) atoms. The van der Waals surface area contributed by atoms with E-state index in [-0.39, 0.29) is 29.0 Å². The SMILES string of the molecule is COc1cc(C(=O)Nc2c(C)cc3ccnn3c2C(=O)NC(C)(C)C)n(-c2ncccc2Cl)n1. The van der Waals surface area contributed by atoms with E-state index >= 15 is 0 Å². The lowest BCUT2D eigenvalue weighted by Gasteiger charge is -2.22. The predicted octanol–water partition coefficient (Wildman–Crippen LogP) is 3.67. The Morgan fingerprint density at radius 1 is 1.12 bits per heavy atom. The molecule has 0 fully saturated rings. The monoisotopic (exact) mass is 481 g/mol. The zero-order chi connectivity index (χ0) is 24.6. The first-order valence-corrected chi connectivity index (χ1v) is 10.8. The maximum atomic E-state index is 13.5. The molecule has 0 radical (unpaired) electrons. The Bertz CT molecular complexity index is 1400. The van der Waals surface area contributed by atoms with Crippen LogP contribution < -0.4 is 15.4 Å². The fourth-order valence-corrected chi connectivity index (χ4v) is 3.66. The number of fused-ring (bicyclic) bond motifs is 1. The number of anilines is 1. The second-order valence-electron chi connectivity index (χ2n) is 8.67. The van der Waals surface area contributed by atoms with E-state index in [1.807, 2.05) is 33.8 Å². The molecule has 11 heteroatoms. The maximum Gasteiger partial charge on any atom is 0.274 e.